The lowest BCUT2D eigenvalue weighted by molar-refractivity contribution is -0.139. The lowest BCUT2D eigenvalue weighted by Gasteiger charge is -2.03. The van der Waals surface area contributed by atoms with E-state index in [9.17, 15) is 9.59 Å². The van der Waals surface area contributed by atoms with Crippen LogP contribution in [0.3, 0.4) is 0 Å². The average Bonchev–Trinajstić information content (AvgIpc) is 3.01. The molecule has 0 fully saturated rings. The number of anilines is 1. The zero-order valence-electron chi connectivity index (χ0n) is 13.7. The van der Waals surface area contributed by atoms with Gasteiger partial charge in [0.25, 0.3) is 11.3 Å². The smallest absolute Gasteiger partial charge is 0.310 e. The molecule has 0 amide bonds. The van der Waals surface area contributed by atoms with Crippen molar-refractivity contribution < 1.29 is 9.53 Å². The fraction of sp³-hybridized carbons (Fsp3) is 0.250. The Morgan fingerprint density at radius 3 is 2.72 bits per heavy atom. The molecule has 130 valence electrons. The number of carbonyl (C=O) groups excluding carboxylic acids is 1. The van der Waals surface area contributed by atoms with Gasteiger partial charge in [0.2, 0.25) is 5.95 Å². The summed E-state index contributed by atoms with van der Waals surface area (Å²) in [6, 6.07) is 7.85. The Morgan fingerprint density at radius 1 is 1.32 bits per heavy atom. The first-order chi connectivity index (χ1) is 12.0. The van der Waals surface area contributed by atoms with Gasteiger partial charge in [0.1, 0.15) is 0 Å². The van der Waals surface area contributed by atoms with Crippen molar-refractivity contribution in [3.05, 3.63) is 55.9 Å². The van der Waals surface area contributed by atoms with Crippen LogP contribution in [0.2, 0.25) is 0 Å². The number of nitrogens with zero attached hydrogens (tertiary/aromatic N) is 3. The topological polar surface area (TPSA) is 101 Å². The van der Waals surface area contributed by atoms with E-state index < -0.39 is 5.97 Å². The first-order valence-electron chi connectivity index (χ1n) is 7.51. The summed E-state index contributed by atoms with van der Waals surface area (Å²) in [7, 11) is 1.28. The minimum Gasteiger partial charge on any atom is -0.469 e. The molecule has 0 atom stereocenters. The van der Waals surface area contributed by atoms with Gasteiger partial charge >= 0.3 is 5.97 Å². The summed E-state index contributed by atoms with van der Waals surface area (Å²) in [6.45, 7) is 2.21. The molecule has 2 heterocycles. The van der Waals surface area contributed by atoms with E-state index in [1.165, 1.54) is 11.6 Å². The molecule has 0 aliphatic carbocycles. The Morgan fingerprint density at radius 2 is 2.04 bits per heavy atom. The number of H-pyrrole nitrogens is 1. The Labute approximate surface area is 151 Å². The number of fused-ring (bicyclic) bond motifs is 1. The number of aromatic amines is 1. The van der Waals surface area contributed by atoms with Crippen LogP contribution in [0.15, 0.2) is 33.5 Å². The summed E-state index contributed by atoms with van der Waals surface area (Å²) < 4.78 is 6.84. The van der Waals surface area contributed by atoms with E-state index in [2.05, 4.69) is 41.1 Å². The average molecular weight is 406 g/mol. The normalized spacial score (nSPS) is 10.8. The maximum atomic E-state index is 12.5. The molecule has 0 bridgehead atoms. The predicted molar refractivity (Wildman–Crippen MR) is 95.5 cm³/mol. The Bertz CT molecular complexity index is 978. The van der Waals surface area contributed by atoms with Crippen LogP contribution in [0.4, 0.5) is 5.95 Å². The van der Waals surface area contributed by atoms with Crippen molar-refractivity contribution in [2.24, 2.45) is 0 Å². The van der Waals surface area contributed by atoms with Gasteiger partial charge in [-0.2, -0.15) is 9.50 Å². The highest BCUT2D eigenvalue weighted by molar-refractivity contribution is 9.10. The van der Waals surface area contributed by atoms with Gasteiger partial charge in [-0.1, -0.05) is 28.1 Å². The number of nitrogens with one attached hydrogen (secondary N) is 2. The molecule has 0 aliphatic rings. The molecule has 2 N–H and O–H groups in total. The summed E-state index contributed by atoms with van der Waals surface area (Å²) in [6.07, 6.45) is -0.127. The van der Waals surface area contributed by atoms with Crippen LogP contribution in [0.25, 0.3) is 5.78 Å². The lowest BCUT2D eigenvalue weighted by atomic mass is 10.2. The SMILES string of the molecule is COC(=O)Cc1c(C)nc2nc(NCc3ccc(Br)cc3)[nH]n2c1=O. The third-order valence-corrected chi connectivity index (χ3v) is 4.25. The zero-order chi connectivity index (χ0) is 18.0. The second kappa shape index (κ2) is 7.06. The molecular formula is C16H16BrN5O3. The van der Waals surface area contributed by atoms with Crippen LogP contribution < -0.4 is 10.9 Å². The van der Waals surface area contributed by atoms with E-state index in [0.29, 0.717) is 18.2 Å². The summed E-state index contributed by atoms with van der Waals surface area (Å²) in [5.74, 6) is 0.173. The van der Waals surface area contributed by atoms with Gasteiger partial charge in [-0.05, 0) is 24.6 Å². The third-order valence-electron chi connectivity index (χ3n) is 3.72. The number of rotatable bonds is 5. The first kappa shape index (κ1) is 17.2. The van der Waals surface area contributed by atoms with Crippen molar-refractivity contribution in [2.45, 2.75) is 19.9 Å². The third kappa shape index (κ3) is 3.71. The molecule has 3 rings (SSSR count). The Kier molecular flexibility index (Phi) is 4.84. The van der Waals surface area contributed by atoms with E-state index >= 15 is 0 Å². The number of esters is 1. The van der Waals surface area contributed by atoms with Crippen LogP contribution >= 0.6 is 15.9 Å². The molecular weight excluding hydrogens is 390 g/mol. The molecule has 0 saturated carbocycles. The molecule has 25 heavy (non-hydrogen) atoms. The highest BCUT2D eigenvalue weighted by Gasteiger charge is 2.16. The molecule has 3 aromatic rings. The van der Waals surface area contributed by atoms with E-state index in [1.807, 2.05) is 24.3 Å². The fourth-order valence-electron chi connectivity index (χ4n) is 2.34. The van der Waals surface area contributed by atoms with Crippen LogP contribution in [-0.4, -0.2) is 32.7 Å². The van der Waals surface area contributed by atoms with Crippen LogP contribution in [-0.2, 0) is 22.5 Å². The van der Waals surface area contributed by atoms with E-state index in [-0.39, 0.29) is 23.3 Å². The summed E-state index contributed by atoms with van der Waals surface area (Å²) in [5.41, 5.74) is 1.44. The van der Waals surface area contributed by atoms with Gasteiger partial charge < -0.3 is 10.1 Å². The van der Waals surface area contributed by atoms with Crippen LogP contribution in [0.1, 0.15) is 16.8 Å². The number of methoxy groups -OCH3 is 1. The van der Waals surface area contributed by atoms with Crippen molar-refractivity contribution >= 4 is 33.6 Å². The highest BCUT2D eigenvalue weighted by Crippen LogP contribution is 2.12. The number of ether oxygens (including phenoxy) is 1. The zero-order valence-corrected chi connectivity index (χ0v) is 15.3. The second-order valence-electron chi connectivity index (χ2n) is 5.42. The van der Waals surface area contributed by atoms with Gasteiger partial charge in [-0.15, -0.1) is 0 Å². The number of aryl methyl sites for hydroxylation is 1. The molecule has 0 aliphatic heterocycles. The molecule has 0 unspecified atom stereocenters. The molecule has 2 aromatic heterocycles. The monoisotopic (exact) mass is 405 g/mol. The highest BCUT2D eigenvalue weighted by atomic mass is 79.9. The largest absolute Gasteiger partial charge is 0.469 e. The molecule has 0 radical (unpaired) electrons. The summed E-state index contributed by atoms with van der Waals surface area (Å²) >= 11 is 3.39. The minimum absolute atomic E-state index is 0.127. The van der Waals surface area contributed by atoms with Gasteiger partial charge in [0, 0.05) is 11.0 Å². The van der Waals surface area contributed by atoms with Crippen molar-refractivity contribution in [1.82, 2.24) is 19.6 Å². The number of benzene rings is 1. The van der Waals surface area contributed by atoms with Crippen molar-refractivity contribution in [3.8, 4) is 0 Å². The number of halogens is 1. The van der Waals surface area contributed by atoms with Gasteiger partial charge in [-0.3, -0.25) is 14.7 Å². The van der Waals surface area contributed by atoms with Gasteiger partial charge in [0.05, 0.1) is 24.8 Å². The number of carbonyl (C=O) groups is 1. The van der Waals surface area contributed by atoms with Crippen LogP contribution in [0.5, 0.6) is 0 Å². The molecule has 9 heteroatoms. The molecule has 0 saturated heterocycles. The van der Waals surface area contributed by atoms with Gasteiger partial charge in [-0.25, -0.2) is 4.98 Å². The number of aromatic nitrogens is 4. The lowest BCUT2D eigenvalue weighted by Crippen LogP contribution is -2.24. The van der Waals surface area contributed by atoms with Crippen molar-refractivity contribution in [1.29, 1.82) is 0 Å². The van der Waals surface area contributed by atoms with E-state index in [0.717, 1.165) is 10.0 Å². The maximum Gasteiger partial charge on any atom is 0.310 e. The quantitative estimate of drug-likeness (QED) is 0.627. The van der Waals surface area contributed by atoms with Crippen molar-refractivity contribution in [2.75, 3.05) is 12.4 Å². The summed E-state index contributed by atoms with van der Waals surface area (Å²) in [5, 5.41) is 5.98. The molecule has 0 spiro atoms. The first-order valence-corrected chi connectivity index (χ1v) is 8.30. The fourth-order valence-corrected chi connectivity index (χ4v) is 2.61. The Hall–Kier alpha value is -2.68. The number of hydrogen-bond acceptors (Lipinski definition) is 6. The van der Waals surface area contributed by atoms with Crippen LogP contribution in [0, 0.1) is 6.92 Å². The van der Waals surface area contributed by atoms with E-state index in [1.54, 1.807) is 6.92 Å². The molecule has 1 aromatic carbocycles. The Balaban J connectivity index is 1.86. The standard InChI is InChI=1S/C16H16BrN5O3/c1-9-12(7-13(23)25-2)14(24)22-16(19-9)20-15(21-22)18-8-10-3-5-11(17)6-4-10/h3-6H,7-8H2,1-2H3,(H2,18,19,20,21). The summed E-state index contributed by atoms with van der Waals surface area (Å²) in [4.78, 5) is 32.6. The maximum absolute atomic E-state index is 12.5. The predicted octanol–water partition coefficient (Wildman–Crippen LogP) is 1.82. The number of hydrogen-bond donors (Lipinski definition) is 2. The van der Waals surface area contributed by atoms with E-state index in [4.69, 9.17) is 0 Å². The second-order valence-corrected chi connectivity index (χ2v) is 6.34. The van der Waals surface area contributed by atoms with Gasteiger partial charge in [0.15, 0.2) is 0 Å². The van der Waals surface area contributed by atoms with Crippen molar-refractivity contribution in [3.63, 3.8) is 0 Å². The molecule has 8 nitrogen and oxygen atoms in total. The minimum atomic E-state index is -0.491.